The smallest absolute Gasteiger partial charge is 0.109 e. The highest BCUT2D eigenvalue weighted by atomic mass is 32.2. The largest absolute Gasteiger partial charge is 0.329 e. The first kappa shape index (κ1) is 10.7. The highest BCUT2D eigenvalue weighted by molar-refractivity contribution is 7.99. The second-order valence-corrected chi connectivity index (χ2v) is 6.36. The lowest BCUT2D eigenvalue weighted by atomic mass is 10.0. The molecule has 0 bridgehead atoms. The van der Waals surface area contributed by atoms with E-state index in [-0.39, 0.29) is 0 Å². The van der Waals surface area contributed by atoms with E-state index in [4.69, 9.17) is 0 Å². The van der Waals surface area contributed by atoms with Crippen LogP contribution in [-0.4, -0.2) is 21.1 Å². The third kappa shape index (κ3) is 1.90. The van der Waals surface area contributed by atoms with Crippen molar-refractivity contribution in [3.8, 4) is 0 Å². The van der Waals surface area contributed by atoms with E-state index in [0.29, 0.717) is 6.04 Å². The van der Waals surface area contributed by atoms with Crippen LogP contribution in [0.25, 0.3) is 0 Å². The number of rotatable bonds is 2. The minimum atomic E-state index is 0.676. The summed E-state index contributed by atoms with van der Waals surface area (Å²) in [6.07, 6.45) is 8.61. The molecule has 3 heteroatoms. The van der Waals surface area contributed by atoms with Gasteiger partial charge in [-0.25, -0.2) is 4.98 Å². The van der Waals surface area contributed by atoms with Gasteiger partial charge < -0.3 is 4.57 Å². The van der Waals surface area contributed by atoms with Gasteiger partial charge in [-0.1, -0.05) is 0 Å². The zero-order valence-electron chi connectivity index (χ0n) is 9.98. The molecule has 1 saturated heterocycles. The number of fused-ring (bicyclic) bond motifs is 1. The topological polar surface area (TPSA) is 17.8 Å². The van der Waals surface area contributed by atoms with Gasteiger partial charge in [-0.2, -0.15) is 11.8 Å². The predicted octanol–water partition coefficient (Wildman–Crippen LogP) is 3.08. The molecule has 3 heterocycles. The molecule has 1 fully saturated rings. The van der Waals surface area contributed by atoms with Crippen molar-refractivity contribution >= 4 is 11.8 Å². The molecule has 2 nitrogen and oxygen atoms in total. The Labute approximate surface area is 102 Å². The lowest BCUT2D eigenvalue weighted by molar-refractivity contribution is 0.408. The van der Waals surface area contributed by atoms with E-state index in [0.717, 1.165) is 5.92 Å². The third-order valence-electron chi connectivity index (χ3n) is 3.94. The van der Waals surface area contributed by atoms with Crippen molar-refractivity contribution in [3.05, 3.63) is 17.7 Å². The number of nitrogens with zero attached hydrogens (tertiary/aromatic N) is 2. The maximum Gasteiger partial charge on any atom is 0.109 e. The maximum absolute atomic E-state index is 4.67. The van der Waals surface area contributed by atoms with Gasteiger partial charge in [0.15, 0.2) is 0 Å². The van der Waals surface area contributed by atoms with E-state index < -0.39 is 0 Å². The predicted molar refractivity (Wildman–Crippen MR) is 69.0 cm³/mol. The monoisotopic (exact) mass is 236 g/mol. The fraction of sp³-hybridized carbons (Fsp3) is 0.769. The average Bonchev–Trinajstić information content (AvgIpc) is 2.90. The average molecular weight is 236 g/mol. The van der Waals surface area contributed by atoms with Crippen molar-refractivity contribution in [1.82, 2.24) is 9.55 Å². The van der Waals surface area contributed by atoms with E-state index in [1.807, 2.05) is 0 Å². The molecule has 1 aromatic heterocycles. The van der Waals surface area contributed by atoms with Crippen molar-refractivity contribution in [1.29, 1.82) is 0 Å². The van der Waals surface area contributed by atoms with Gasteiger partial charge in [0, 0.05) is 24.4 Å². The molecule has 3 rings (SSSR count). The van der Waals surface area contributed by atoms with Gasteiger partial charge in [-0.15, -0.1) is 0 Å². The summed E-state index contributed by atoms with van der Waals surface area (Å²) in [6.45, 7) is 2.34. The molecule has 0 N–H and O–H groups in total. The molecule has 2 atom stereocenters. The number of thioether (sulfide) groups is 1. The molecule has 0 aromatic carbocycles. The molecule has 2 unspecified atom stereocenters. The summed E-state index contributed by atoms with van der Waals surface area (Å²) >= 11 is 2.11. The zero-order chi connectivity index (χ0) is 11.0. The van der Waals surface area contributed by atoms with Gasteiger partial charge in [0.1, 0.15) is 5.82 Å². The van der Waals surface area contributed by atoms with Crippen LogP contribution in [0.2, 0.25) is 0 Å². The lowest BCUT2D eigenvalue weighted by Crippen LogP contribution is -2.19. The first-order chi connectivity index (χ1) is 7.84. The van der Waals surface area contributed by atoms with Crippen molar-refractivity contribution in [2.24, 2.45) is 5.92 Å². The van der Waals surface area contributed by atoms with Crippen LogP contribution >= 0.6 is 11.8 Å². The second-order valence-electron chi connectivity index (χ2n) is 5.21. The number of aryl methyl sites for hydroxylation is 1. The number of hydrogen-bond donors (Lipinski definition) is 0. The summed E-state index contributed by atoms with van der Waals surface area (Å²) in [5.41, 5.74) is 1.47. The Morgan fingerprint density at radius 2 is 2.44 bits per heavy atom. The van der Waals surface area contributed by atoms with Gasteiger partial charge in [-0.3, -0.25) is 0 Å². The first-order valence-electron chi connectivity index (χ1n) is 6.47. The van der Waals surface area contributed by atoms with E-state index >= 15 is 0 Å². The van der Waals surface area contributed by atoms with E-state index in [1.165, 1.54) is 55.1 Å². The van der Waals surface area contributed by atoms with Crippen LogP contribution in [0.5, 0.6) is 0 Å². The minimum Gasteiger partial charge on any atom is -0.329 e. The quantitative estimate of drug-likeness (QED) is 0.785. The highest BCUT2D eigenvalue weighted by Crippen LogP contribution is 2.30. The van der Waals surface area contributed by atoms with Crippen molar-refractivity contribution in [2.45, 2.75) is 45.1 Å². The van der Waals surface area contributed by atoms with E-state index in [9.17, 15) is 0 Å². The Kier molecular flexibility index (Phi) is 2.97. The van der Waals surface area contributed by atoms with Crippen LogP contribution in [0.15, 0.2) is 6.20 Å². The van der Waals surface area contributed by atoms with Gasteiger partial charge in [-0.05, 0) is 50.0 Å². The van der Waals surface area contributed by atoms with Crippen molar-refractivity contribution in [3.63, 3.8) is 0 Å². The molecule has 2 aliphatic heterocycles. The highest BCUT2D eigenvalue weighted by Gasteiger charge is 2.23. The molecular formula is C13H20N2S. The summed E-state index contributed by atoms with van der Waals surface area (Å²) in [5.74, 6) is 4.94. The normalized spacial score (nSPS) is 29.3. The van der Waals surface area contributed by atoms with Crippen LogP contribution < -0.4 is 0 Å². The Morgan fingerprint density at radius 1 is 1.50 bits per heavy atom. The SMILES string of the molecule is CC1CCCc2cnc(CC3CCSC3)n21. The molecule has 88 valence electrons. The Morgan fingerprint density at radius 3 is 3.25 bits per heavy atom. The Balaban J connectivity index is 1.81. The lowest BCUT2D eigenvalue weighted by Gasteiger charge is -2.24. The molecule has 0 aliphatic carbocycles. The standard InChI is InChI=1S/C13H20N2S/c1-10-3-2-4-12-8-14-13(15(10)12)7-11-5-6-16-9-11/h8,10-11H,2-7,9H2,1H3. The number of aromatic nitrogens is 2. The van der Waals surface area contributed by atoms with Crippen LogP contribution in [-0.2, 0) is 12.8 Å². The van der Waals surface area contributed by atoms with Crippen LogP contribution in [0.1, 0.15) is 43.7 Å². The maximum atomic E-state index is 4.67. The summed E-state index contributed by atoms with van der Waals surface area (Å²) in [5, 5.41) is 0. The summed E-state index contributed by atoms with van der Waals surface area (Å²) in [4.78, 5) is 4.67. The van der Waals surface area contributed by atoms with E-state index in [2.05, 4.69) is 34.4 Å². The Hall–Kier alpha value is -0.440. The second kappa shape index (κ2) is 4.44. The molecule has 0 radical (unpaired) electrons. The number of imidazole rings is 1. The van der Waals surface area contributed by atoms with Crippen molar-refractivity contribution in [2.75, 3.05) is 11.5 Å². The third-order valence-corrected chi connectivity index (χ3v) is 5.17. The fourth-order valence-electron chi connectivity index (χ4n) is 3.02. The first-order valence-corrected chi connectivity index (χ1v) is 7.63. The Bertz CT molecular complexity index is 366. The summed E-state index contributed by atoms with van der Waals surface area (Å²) in [7, 11) is 0. The van der Waals surface area contributed by atoms with Crippen LogP contribution in [0.3, 0.4) is 0 Å². The van der Waals surface area contributed by atoms with Gasteiger partial charge in [0.05, 0.1) is 0 Å². The van der Waals surface area contributed by atoms with E-state index in [1.54, 1.807) is 0 Å². The molecule has 16 heavy (non-hydrogen) atoms. The molecule has 2 aliphatic rings. The molecule has 1 aromatic rings. The number of hydrogen-bond acceptors (Lipinski definition) is 2. The fourth-order valence-corrected chi connectivity index (χ4v) is 4.31. The molecule has 0 saturated carbocycles. The minimum absolute atomic E-state index is 0.676. The van der Waals surface area contributed by atoms with Crippen LogP contribution in [0.4, 0.5) is 0 Å². The molecule has 0 amide bonds. The zero-order valence-corrected chi connectivity index (χ0v) is 10.8. The van der Waals surface area contributed by atoms with Gasteiger partial charge in [0.25, 0.3) is 0 Å². The molecule has 0 spiro atoms. The summed E-state index contributed by atoms with van der Waals surface area (Å²) < 4.78 is 2.52. The summed E-state index contributed by atoms with van der Waals surface area (Å²) in [6, 6.07) is 0.676. The van der Waals surface area contributed by atoms with Crippen LogP contribution in [0, 0.1) is 5.92 Å². The van der Waals surface area contributed by atoms with Gasteiger partial charge >= 0.3 is 0 Å². The van der Waals surface area contributed by atoms with Gasteiger partial charge in [0.2, 0.25) is 0 Å². The van der Waals surface area contributed by atoms with Crippen molar-refractivity contribution < 1.29 is 0 Å². The molecular weight excluding hydrogens is 216 g/mol.